The van der Waals surface area contributed by atoms with E-state index in [1.54, 1.807) is 6.07 Å². The summed E-state index contributed by atoms with van der Waals surface area (Å²) in [6.07, 6.45) is -4.36. The number of β-amino-alcohol motifs (C(OH)–C–C–N with tert-alkyl or cyclic N) is 1. The summed E-state index contributed by atoms with van der Waals surface area (Å²) in [7, 11) is -9.12. The van der Waals surface area contributed by atoms with E-state index in [9.17, 15) is 40.2 Å². The minimum absolute atomic E-state index is 0.0718. The molecular formula is C18H15ClF3N3O6S2. The van der Waals surface area contributed by atoms with Crippen molar-refractivity contribution in [2.24, 2.45) is 0 Å². The van der Waals surface area contributed by atoms with Gasteiger partial charge in [-0.05, 0) is 30.3 Å². The number of hydrogen-bond acceptors (Lipinski definition) is 8. The van der Waals surface area contributed by atoms with Crippen LogP contribution in [0.1, 0.15) is 11.3 Å². The molecule has 0 saturated carbocycles. The molecule has 2 N–H and O–H groups in total. The van der Waals surface area contributed by atoms with Gasteiger partial charge in [-0.1, -0.05) is 11.6 Å². The molecule has 0 spiro atoms. The normalized spacial score (nSPS) is 22.3. The van der Waals surface area contributed by atoms with E-state index in [0.717, 1.165) is 12.1 Å². The fraction of sp³-hybridized carbons (Fsp3) is 0.333. The maximum atomic E-state index is 13.1. The molecule has 178 valence electrons. The quantitative estimate of drug-likeness (QED) is 0.591. The first kappa shape index (κ1) is 25.3. The van der Waals surface area contributed by atoms with Crippen molar-refractivity contribution < 1.29 is 40.2 Å². The molecule has 0 radical (unpaired) electrons. The second-order valence-corrected chi connectivity index (χ2v) is 11.7. The van der Waals surface area contributed by atoms with Gasteiger partial charge < -0.3 is 10.2 Å². The molecule has 2 aromatic rings. The molecule has 15 heteroatoms. The maximum absolute atomic E-state index is 13.1. The summed E-state index contributed by atoms with van der Waals surface area (Å²) in [5.41, 5.74) is -3.74. The van der Waals surface area contributed by atoms with E-state index in [4.69, 9.17) is 16.9 Å². The van der Waals surface area contributed by atoms with Gasteiger partial charge in [0.25, 0.3) is 0 Å². The van der Waals surface area contributed by atoms with Crippen LogP contribution >= 0.6 is 11.6 Å². The van der Waals surface area contributed by atoms with Gasteiger partial charge in [0.05, 0.1) is 28.2 Å². The molecule has 1 unspecified atom stereocenters. The summed E-state index contributed by atoms with van der Waals surface area (Å²) in [6, 6.07) is 6.15. The molecule has 1 aromatic heterocycles. The van der Waals surface area contributed by atoms with Crippen molar-refractivity contribution in [3.05, 3.63) is 52.8 Å². The zero-order chi connectivity index (χ0) is 24.8. The van der Waals surface area contributed by atoms with Gasteiger partial charge in [-0.2, -0.15) is 22.7 Å². The second-order valence-electron chi connectivity index (χ2n) is 7.23. The summed E-state index contributed by atoms with van der Waals surface area (Å²) in [4.78, 5) is 1.93. The number of rotatable bonds is 5. The smallest absolute Gasteiger partial charge is 0.393 e. The Hall–Kier alpha value is -2.28. The van der Waals surface area contributed by atoms with Crippen molar-refractivity contribution in [3.8, 4) is 6.07 Å². The molecule has 1 aliphatic rings. The predicted octanol–water partition coefficient (Wildman–Crippen LogP) is 1.20. The van der Waals surface area contributed by atoms with Gasteiger partial charge >= 0.3 is 6.18 Å². The van der Waals surface area contributed by atoms with Crippen molar-refractivity contribution in [2.45, 2.75) is 26.8 Å². The Kier molecular flexibility index (Phi) is 6.52. The van der Waals surface area contributed by atoms with E-state index in [1.807, 2.05) is 0 Å². The summed E-state index contributed by atoms with van der Waals surface area (Å²) < 4.78 is 91.0. The fourth-order valence-electron chi connectivity index (χ4n) is 3.35. The van der Waals surface area contributed by atoms with Crippen LogP contribution in [0.4, 0.5) is 13.2 Å². The lowest BCUT2D eigenvalue weighted by Crippen LogP contribution is -2.49. The molecule has 2 atom stereocenters. The molecule has 2 heterocycles. The van der Waals surface area contributed by atoms with Gasteiger partial charge in [0.2, 0.25) is 10.0 Å². The number of sulfonamides is 1. The van der Waals surface area contributed by atoms with Crippen LogP contribution in [0, 0.1) is 11.3 Å². The lowest BCUT2D eigenvalue weighted by atomic mass is 10.1. The number of pyridine rings is 1. The van der Waals surface area contributed by atoms with E-state index < -0.39 is 72.1 Å². The Labute approximate surface area is 191 Å². The van der Waals surface area contributed by atoms with Crippen molar-refractivity contribution in [1.29, 1.82) is 5.26 Å². The third-order valence-electron chi connectivity index (χ3n) is 5.10. The van der Waals surface area contributed by atoms with Crippen LogP contribution in [0.5, 0.6) is 0 Å². The maximum Gasteiger partial charge on any atom is 0.433 e. The van der Waals surface area contributed by atoms with E-state index in [0.29, 0.717) is 22.6 Å². The van der Waals surface area contributed by atoms with E-state index in [2.05, 4.69) is 4.98 Å². The molecule has 9 nitrogen and oxygen atoms in total. The number of aliphatic hydroxyl groups is 2. The van der Waals surface area contributed by atoms with Crippen LogP contribution in [0.2, 0.25) is 5.02 Å². The highest BCUT2D eigenvalue weighted by Gasteiger charge is 2.55. The van der Waals surface area contributed by atoms with Gasteiger partial charge in [0.1, 0.15) is 21.4 Å². The number of hydrogen-bond donors (Lipinski definition) is 2. The molecule has 0 bridgehead atoms. The van der Waals surface area contributed by atoms with Crippen LogP contribution < -0.4 is 0 Å². The largest absolute Gasteiger partial charge is 0.433 e. The fourth-order valence-corrected chi connectivity index (χ4v) is 7.37. The van der Waals surface area contributed by atoms with Crippen molar-refractivity contribution in [1.82, 2.24) is 9.29 Å². The van der Waals surface area contributed by atoms with Gasteiger partial charge in [-0.3, -0.25) is 4.98 Å². The van der Waals surface area contributed by atoms with Gasteiger partial charge in [0.15, 0.2) is 9.84 Å². The predicted molar refractivity (Wildman–Crippen MR) is 107 cm³/mol. The molecule has 1 fully saturated rings. The Balaban J connectivity index is 2.00. The Bertz CT molecular complexity index is 1330. The Morgan fingerprint density at radius 1 is 1.24 bits per heavy atom. The topological polar surface area (TPSA) is 149 Å². The number of aromatic nitrogens is 1. The highest BCUT2D eigenvalue weighted by Crippen LogP contribution is 2.36. The Morgan fingerprint density at radius 2 is 1.91 bits per heavy atom. The highest BCUT2D eigenvalue weighted by atomic mass is 35.5. The number of nitriles is 1. The summed E-state index contributed by atoms with van der Waals surface area (Å²) in [6.45, 7) is -2.81. The number of halogens is 4. The summed E-state index contributed by atoms with van der Waals surface area (Å²) in [5, 5.41) is 27.1. The number of nitrogens with zero attached hydrogens (tertiary/aromatic N) is 3. The minimum Gasteiger partial charge on any atom is -0.393 e. The van der Waals surface area contributed by atoms with Gasteiger partial charge in [-0.15, -0.1) is 0 Å². The molecule has 1 saturated heterocycles. The van der Waals surface area contributed by atoms with Crippen molar-refractivity contribution >= 4 is 31.5 Å². The van der Waals surface area contributed by atoms with Crippen LogP contribution in [0.25, 0.3) is 0 Å². The monoisotopic (exact) mass is 525 g/mol. The molecule has 0 aliphatic carbocycles. The average molecular weight is 526 g/mol. The van der Waals surface area contributed by atoms with Crippen molar-refractivity contribution in [2.75, 3.05) is 19.7 Å². The minimum atomic E-state index is -4.81. The number of benzene rings is 1. The molecule has 1 aromatic carbocycles. The van der Waals surface area contributed by atoms with Crippen LogP contribution in [0.15, 0.2) is 46.3 Å². The molecule has 3 rings (SSSR count). The van der Waals surface area contributed by atoms with Crippen LogP contribution in [0.3, 0.4) is 0 Å². The van der Waals surface area contributed by atoms with E-state index >= 15 is 0 Å². The highest BCUT2D eigenvalue weighted by molar-refractivity contribution is 7.92. The van der Waals surface area contributed by atoms with Gasteiger partial charge in [-0.25, -0.2) is 16.8 Å². The zero-order valence-corrected chi connectivity index (χ0v) is 18.7. The second kappa shape index (κ2) is 8.49. The lowest BCUT2D eigenvalue weighted by Gasteiger charge is -2.26. The SMILES string of the molecule is N#Cc1ccc(S(=O)(=O)N2CC(S(=O)(=O)c3ccc(C(F)(F)F)nc3)[C@](O)(CO)C2)c(Cl)c1. The van der Waals surface area contributed by atoms with E-state index in [1.165, 1.54) is 6.07 Å². The first-order valence-corrected chi connectivity index (χ1v) is 12.3. The Morgan fingerprint density at radius 3 is 2.39 bits per heavy atom. The first-order valence-electron chi connectivity index (χ1n) is 8.97. The standard InChI is InChI=1S/C18H15ClF3N3O6S2/c19-13-5-11(6-23)1-3-14(13)33(30,31)25-8-16(17(27,9-25)10-26)32(28,29)12-2-4-15(24-7-12)18(20,21)22/h1-5,7,16,26-27H,8-10H2/t16?,17-/m1/s1. The third kappa shape index (κ3) is 4.57. The molecule has 33 heavy (non-hydrogen) atoms. The molecular weight excluding hydrogens is 511 g/mol. The zero-order valence-electron chi connectivity index (χ0n) is 16.4. The van der Waals surface area contributed by atoms with Crippen LogP contribution in [-0.4, -0.2) is 66.9 Å². The van der Waals surface area contributed by atoms with Gasteiger partial charge in [0, 0.05) is 19.3 Å². The lowest BCUT2D eigenvalue weighted by molar-refractivity contribution is -0.141. The average Bonchev–Trinajstić information content (AvgIpc) is 3.12. The molecule has 1 aliphatic heterocycles. The molecule has 0 amide bonds. The van der Waals surface area contributed by atoms with Crippen LogP contribution in [-0.2, 0) is 26.0 Å². The van der Waals surface area contributed by atoms with Crippen molar-refractivity contribution in [3.63, 3.8) is 0 Å². The van der Waals surface area contributed by atoms with E-state index in [-0.39, 0.29) is 10.6 Å². The number of sulfone groups is 1. The third-order valence-corrected chi connectivity index (χ3v) is 9.63. The summed E-state index contributed by atoms with van der Waals surface area (Å²) in [5.74, 6) is 0. The number of aliphatic hydroxyl groups excluding tert-OH is 1. The first-order chi connectivity index (χ1) is 15.2. The summed E-state index contributed by atoms with van der Waals surface area (Å²) >= 11 is 5.96. The number of alkyl halides is 3.